The molecule has 19 heavy (non-hydrogen) atoms. The van der Waals surface area contributed by atoms with Gasteiger partial charge in [-0.1, -0.05) is 0 Å². The van der Waals surface area contributed by atoms with Gasteiger partial charge >= 0.3 is 5.82 Å². The van der Waals surface area contributed by atoms with Gasteiger partial charge in [-0.25, -0.2) is 4.39 Å². The van der Waals surface area contributed by atoms with Crippen LogP contribution in [0.3, 0.4) is 0 Å². The lowest BCUT2D eigenvalue weighted by Crippen LogP contribution is -2.00. The molecule has 0 fully saturated rings. The average Bonchev–Trinajstić information content (AvgIpc) is 2.36. The van der Waals surface area contributed by atoms with E-state index in [4.69, 9.17) is 0 Å². The molecule has 6 heteroatoms. The zero-order chi connectivity index (χ0) is 14.0. The molecule has 0 radical (unpaired) electrons. The van der Waals surface area contributed by atoms with E-state index in [-0.39, 0.29) is 17.3 Å². The zero-order valence-corrected chi connectivity index (χ0v) is 10.5. The first-order chi connectivity index (χ1) is 8.99. The van der Waals surface area contributed by atoms with Gasteiger partial charge < -0.3 is 15.4 Å². The Kier molecular flexibility index (Phi) is 3.41. The van der Waals surface area contributed by atoms with Gasteiger partial charge in [0.2, 0.25) is 0 Å². The number of pyridine rings is 1. The number of nitrogens with one attached hydrogen (secondary N) is 1. The SMILES string of the molecule is Cc1cc(Nc2cccnc2[N+](=O)[O-])cc(C)c1F. The van der Waals surface area contributed by atoms with Crippen molar-refractivity contribution in [2.24, 2.45) is 0 Å². The third kappa shape index (κ3) is 2.67. The number of nitrogens with zero attached hydrogens (tertiary/aromatic N) is 2. The van der Waals surface area contributed by atoms with Crippen LogP contribution in [0.4, 0.5) is 21.6 Å². The first-order valence-corrected chi connectivity index (χ1v) is 5.62. The fourth-order valence-corrected chi connectivity index (χ4v) is 1.81. The van der Waals surface area contributed by atoms with Crippen molar-refractivity contribution in [1.29, 1.82) is 0 Å². The summed E-state index contributed by atoms with van der Waals surface area (Å²) in [6.45, 7) is 3.29. The van der Waals surface area contributed by atoms with Crippen molar-refractivity contribution in [2.45, 2.75) is 13.8 Å². The van der Waals surface area contributed by atoms with Crippen LogP contribution in [0.5, 0.6) is 0 Å². The fourth-order valence-electron chi connectivity index (χ4n) is 1.81. The van der Waals surface area contributed by atoms with Crippen molar-refractivity contribution in [3.05, 3.63) is 57.5 Å². The molecule has 2 rings (SSSR count). The number of hydrogen-bond donors (Lipinski definition) is 1. The third-order valence-electron chi connectivity index (χ3n) is 2.68. The van der Waals surface area contributed by atoms with Crippen molar-refractivity contribution in [3.8, 4) is 0 Å². The Balaban J connectivity index is 2.39. The molecule has 1 aromatic heterocycles. The number of rotatable bonds is 3. The van der Waals surface area contributed by atoms with Crippen LogP contribution in [-0.4, -0.2) is 9.91 Å². The Bertz CT molecular complexity index is 621. The number of aryl methyl sites for hydroxylation is 2. The first-order valence-electron chi connectivity index (χ1n) is 5.62. The van der Waals surface area contributed by atoms with E-state index in [1.165, 1.54) is 6.20 Å². The van der Waals surface area contributed by atoms with Crippen LogP contribution < -0.4 is 5.32 Å². The minimum Gasteiger partial charge on any atom is -0.358 e. The molecular weight excluding hydrogens is 249 g/mol. The Labute approximate surface area is 109 Å². The quantitative estimate of drug-likeness (QED) is 0.678. The second kappa shape index (κ2) is 5.01. The molecule has 5 nitrogen and oxygen atoms in total. The smallest absolute Gasteiger partial charge is 0.358 e. The minimum absolute atomic E-state index is 0.262. The number of nitro groups is 1. The summed E-state index contributed by atoms with van der Waals surface area (Å²) >= 11 is 0. The maximum absolute atomic E-state index is 13.5. The molecule has 1 N–H and O–H groups in total. The van der Waals surface area contributed by atoms with Crippen molar-refractivity contribution >= 4 is 17.2 Å². The molecule has 0 unspecified atom stereocenters. The summed E-state index contributed by atoms with van der Waals surface area (Å²) in [5, 5.41) is 13.7. The highest BCUT2D eigenvalue weighted by Gasteiger charge is 2.14. The second-order valence-electron chi connectivity index (χ2n) is 4.18. The normalized spacial score (nSPS) is 10.3. The lowest BCUT2D eigenvalue weighted by atomic mass is 10.1. The van der Waals surface area contributed by atoms with Crippen molar-refractivity contribution in [1.82, 2.24) is 4.98 Å². The monoisotopic (exact) mass is 261 g/mol. The van der Waals surface area contributed by atoms with Crippen LogP contribution in [0, 0.1) is 29.8 Å². The summed E-state index contributed by atoms with van der Waals surface area (Å²) < 4.78 is 13.5. The molecule has 0 aliphatic rings. The summed E-state index contributed by atoms with van der Waals surface area (Å²) in [7, 11) is 0. The van der Waals surface area contributed by atoms with Crippen LogP contribution in [-0.2, 0) is 0 Å². The molecule has 1 heterocycles. The van der Waals surface area contributed by atoms with Gasteiger partial charge in [-0.3, -0.25) is 0 Å². The van der Waals surface area contributed by atoms with E-state index in [0.717, 1.165) is 0 Å². The molecule has 98 valence electrons. The minimum atomic E-state index is -0.564. The maximum Gasteiger partial charge on any atom is 0.387 e. The van der Waals surface area contributed by atoms with Gasteiger partial charge in [-0.15, -0.1) is 0 Å². The van der Waals surface area contributed by atoms with Crippen LogP contribution in [0.1, 0.15) is 11.1 Å². The molecule has 0 spiro atoms. The number of halogens is 1. The molecule has 2 aromatic rings. The fraction of sp³-hybridized carbons (Fsp3) is 0.154. The Morgan fingerprint density at radius 3 is 2.53 bits per heavy atom. The van der Waals surface area contributed by atoms with Gasteiger partial charge in [0.25, 0.3) is 0 Å². The van der Waals surface area contributed by atoms with E-state index < -0.39 is 4.92 Å². The van der Waals surface area contributed by atoms with Crippen LogP contribution in [0.2, 0.25) is 0 Å². The predicted octanol–water partition coefficient (Wildman–Crippen LogP) is 3.49. The largest absolute Gasteiger partial charge is 0.387 e. The topological polar surface area (TPSA) is 68.1 Å². The molecular formula is C13H12FN3O2. The van der Waals surface area contributed by atoms with Gasteiger partial charge in [-0.05, 0) is 59.1 Å². The van der Waals surface area contributed by atoms with E-state index in [2.05, 4.69) is 10.3 Å². The molecule has 0 amide bonds. The van der Waals surface area contributed by atoms with Crippen molar-refractivity contribution in [2.75, 3.05) is 5.32 Å². The molecule has 0 aliphatic heterocycles. The maximum atomic E-state index is 13.5. The van der Waals surface area contributed by atoms with E-state index in [1.54, 1.807) is 38.1 Å². The number of hydrogen-bond acceptors (Lipinski definition) is 4. The molecule has 0 saturated carbocycles. The van der Waals surface area contributed by atoms with Crippen LogP contribution in [0.15, 0.2) is 30.5 Å². The third-order valence-corrected chi connectivity index (χ3v) is 2.68. The lowest BCUT2D eigenvalue weighted by molar-refractivity contribution is -0.388. The summed E-state index contributed by atoms with van der Waals surface area (Å²) in [6.07, 6.45) is 1.35. The van der Waals surface area contributed by atoms with Gasteiger partial charge in [-0.2, -0.15) is 0 Å². The van der Waals surface area contributed by atoms with Gasteiger partial charge in [0.15, 0.2) is 0 Å². The van der Waals surface area contributed by atoms with E-state index in [9.17, 15) is 14.5 Å². The van der Waals surface area contributed by atoms with Crippen LogP contribution in [0.25, 0.3) is 0 Å². The standard InChI is InChI=1S/C13H12FN3O2/c1-8-6-10(7-9(2)12(8)14)16-11-4-3-5-15-13(11)17(18)19/h3-7,16H,1-2H3. The van der Waals surface area contributed by atoms with E-state index in [1.807, 2.05) is 0 Å². The number of benzene rings is 1. The molecule has 0 bridgehead atoms. The lowest BCUT2D eigenvalue weighted by Gasteiger charge is -2.09. The Morgan fingerprint density at radius 1 is 1.32 bits per heavy atom. The van der Waals surface area contributed by atoms with E-state index >= 15 is 0 Å². The highest BCUT2D eigenvalue weighted by Crippen LogP contribution is 2.26. The van der Waals surface area contributed by atoms with Gasteiger partial charge in [0.1, 0.15) is 17.7 Å². The zero-order valence-electron chi connectivity index (χ0n) is 10.5. The Hall–Kier alpha value is -2.50. The molecule has 0 atom stereocenters. The second-order valence-corrected chi connectivity index (χ2v) is 4.18. The number of anilines is 2. The highest BCUT2D eigenvalue weighted by molar-refractivity contribution is 5.67. The summed E-state index contributed by atoms with van der Waals surface area (Å²) in [5.41, 5.74) is 1.83. The van der Waals surface area contributed by atoms with Crippen LogP contribution >= 0.6 is 0 Å². The summed E-state index contributed by atoms with van der Waals surface area (Å²) in [6, 6.07) is 6.34. The van der Waals surface area contributed by atoms with Gasteiger partial charge in [0.05, 0.1) is 0 Å². The average molecular weight is 261 g/mol. The highest BCUT2D eigenvalue weighted by atomic mass is 19.1. The molecule has 1 aromatic carbocycles. The summed E-state index contributed by atoms with van der Waals surface area (Å²) in [4.78, 5) is 14.0. The van der Waals surface area contributed by atoms with E-state index in [0.29, 0.717) is 16.8 Å². The van der Waals surface area contributed by atoms with Gasteiger partial charge in [0, 0.05) is 5.69 Å². The predicted molar refractivity (Wildman–Crippen MR) is 70.0 cm³/mol. The van der Waals surface area contributed by atoms with Crippen molar-refractivity contribution < 1.29 is 9.31 Å². The first kappa shape index (κ1) is 12.9. The molecule has 0 saturated heterocycles. The molecule has 0 aliphatic carbocycles. The van der Waals surface area contributed by atoms with Crippen molar-refractivity contribution in [3.63, 3.8) is 0 Å². The number of aromatic nitrogens is 1. The Morgan fingerprint density at radius 2 is 1.95 bits per heavy atom. The summed E-state index contributed by atoms with van der Waals surface area (Å²) in [5.74, 6) is -0.534.